The minimum absolute atomic E-state index is 0.319. The predicted molar refractivity (Wildman–Crippen MR) is 124 cm³/mol. The standard InChI is InChI=1S/C27H29NO3/c1-4-19(2)23-15-10-11-17-25(23)28-26(29)20(3)31-27(30)24-16-9-8-14-22(24)18-21-12-6-5-7-13-21/h5-17,19-20H,4,18H2,1-3H3,(H,28,29)/t19-,20-/m0/s1. The molecule has 4 nitrogen and oxygen atoms in total. The van der Waals surface area contributed by atoms with Crippen molar-refractivity contribution in [3.63, 3.8) is 0 Å². The number of hydrogen-bond donors (Lipinski definition) is 1. The SMILES string of the molecule is CC[C@H](C)c1ccccc1NC(=O)[C@H](C)OC(=O)c1ccccc1Cc1ccccc1. The number of carbonyl (C=O) groups excluding carboxylic acids is 2. The van der Waals surface area contributed by atoms with Crippen molar-refractivity contribution in [2.24, 2.45) is 0 Å². The van der Waals surface area contributed by atoms with E-state index in [0.717, 1.165) is 28.8 Å². The van der Waals surface area contributed by atoms with Crippen molar-refractivity contribution < 1.29 is 14.3 Å². The van der Waals surface area contributed by atoms with Gasteiger partial charge < -0.3 is 10.1 Å². The molecule has 0 bridgehead atoms. The van der Waals surface area contributed by atoms with Crippen LogP contribution in [0.15, 0.2) is 78.9 Å². The molecule has 0 aliphatic heterocycles. The van der Waals surface area contributed by atoms with Crippen LogP contribution in [0.1, 0.15) is 60.2 Å². The fraction of sp³-hybridized carbons (Fsp3) is 0.259. The Kier molecular flexibility index (Phi) is 7.60. The van der Waals surface area contributed by atoms with E-state index in [0.29, 0.717) is 17.9 Å². The topological polar surface area (TPSA) is 55.4 Å². The van der Waals surface area contributed by atoms with Gasteiger partial charge in [-0.2, -0.15) is 0 Å². The highest BCUT2D eigenvalue weighted by Crippen LogP contribution is 2.26. The zero-order valence-corrected chi connectivity index (χ0v) is 18.3. The van der Waals surface area contributed by atoms with Crippen molar-refractivity contribution in [1.82, 2.24) is 0 Å². The minimum Gasteiger partial charge on any atom is -0.449 e. The van der Waals surface area contributed by atoms with Crippen LogP contribution in [0.5, 0.6) is 0 Å². The average molecular weight is 416 g/mol. The molecular weight excluding hydrogens is 386 g/mol. The molecule has 3 aromatic carbocycles. The molecule has 1 amide bonds. The molecule has 2 atom stereocenters. The van der Waals surface area contributed by atoms with Gasteiger partial charge in [-0.05, 0) is 54.5 Å². The van der Waals surface area contributed by atoms with Crippen LogP contribution in [-0.2, 0) is 16.0 Å². The first kappa shape index (κ1) is 22.3. The molecule has 31 heavy (non-hydrogen) atoms. The van der Waals surface area contributed by atoms with Crippen LogP contribution in [0.4, 0.5) is 5.69 Å². The van der Waals surface area contributed by atoms with Gasteiger partial charge >= 0.3 is 5.97 Å². The lowest BCUT2D eigenvalue weighted by atomic mass is 9.97. The molecule has 160 valence electrons. The van der Waals surface area contributed by atoms with E-state index in [1.807, 2.05) is 66.7 Å². The van der Waals surface area contributed by atoms with E-state index in [1.54, 1.807) is 19.1 Å². The van der Waals surface area contributed by atoms with E-state index >= 15 is 0 Å². The van der Waals surface area contributed by atoms with Crippen molar-refractivity contribution in [2.45, 2.75) is 45.6 Å². The van der Waals surface area contributed by atoms with E-state index < -0.39 is 12.1 Å². The Bertz CT molecular complexity index is 1030. The Labute approximate surface area is 184 Å². The molecular formula is C27H29NO3. The van der Waals surface area contributed by atoms with Crippen LogP contribution in [0, 0.1) is 0 Å². The van der Waals surface area contributed by atoms with Gasteiger partial charge in [-0.15, -0.1) is 0 Å². The number of benzene rings is 3. The highest BCUT2D eigenvalue weighted by atomic mass is 16.5. The maximum Gasteiger partial charge on any atom is 0.339 e. The van der Waals surface area contributed by atoms with Crippen LogP contribution in [-0.4, -0.2) is 18.0 Å². The third-order valence-electron chi connectivity index (χ3n) is 5.49. The fourth-order valence-electron chi connectivity index (χ4n) is 3.46. The Morgan fingerprint density at radius 2 is 1.52 bits per heavy atom. The first-order chi connectivity index (χ1) is 15.0. The first-order valence-electron chi connectivity index (χ1n) is 10.7. The minimum atomic E-state index is -0.915. The summed E-state index contributed by atoms with van der Waals surface area (Å²) < 4.78 is 5.52. The van der Waals surface area contributed by atoms with Gasteiger partial charge in [0.15, 0.2) is 6.10 Å². The fourth-order valence-corrected chi connectivity index (χ4v) is 3.46. The van der Waals surface area contributed by atoms with Crippen LogP contribution in [0.2, 0.25) is 0 Å². The first-order valence-corrected chi connectivity index (χ1v) is 10.7. The van der Waals surface area contributed by atoms with Crippen LogP contribution < -0.4 is 5.32 Å². The second-order valence-electron chi connectivity index (χ2n) is 7.75. The Hall–Kier alpha value is -3.40. The third-order valence-corrected chi connectivity index (χ3v) is 5.49. The lowest BCUT2D eigenvalue weighted by molar-refractivity contribution is -0.123. The van der Waals surface area contributed by atoms with E-state index in [-0.39, 0.29) is 5.91 Å². The van der Waals surface area contributed by atoms with E-state index in [9.17, 15) is 9.59 Å². The summed E-state index contributed by atoms with van der Waals surface area (Å²) in [6, 6.07) is 25.0. The molecule has 0 aliphatic rings. The lowest BCUT2D eigenvalue weighted by Gasteiger charge is -2.18. The molecule has 0 fully saturated rings. The van der Waals surface area contributed by atoms with Gasteiger partial charge in [0.1, 0.15) is 0 Å². The molecule has 0 saturated carbocycles. The molecule has 3 aromatic rings. The van der Waals surface area contributed by atoms with E-state index in [1.165, 1.54) is 0 Å². The van der Waals surface area contributed by atoms with Crippen LogP contribution in [0.3, 0.4) is 0 Å². The monoisotopic (exact) mass is 415 g/mol. The number of rotatable bonds is 8. The summed E-state index contributed by atoms with van der Waals surface area (Å²) >= 11 is 0. The van der Waals surface area contributed by atoms with Crippen molar-refractivity contribution >= 4 is 17.6 Å². The quantitative estimate of drug-likeness (QED) is 0.461. The van der Waals surface area contributed by atoms with Gasteiger partial charge in [0.25, 0.3) is 5.91 Å². The second-order valence-corrected chi connectivity index (χ2v) is 7.75. The van der Waals surface area contributed by atoms with Gasteiger partial charge in [-0.3, -0.25) is 4.79 Å². The molecule has 0 radical (unpaired) electrons. The second kappa shape index (κ2) is 10.6. The number of ether oxygens (including phenoxy) is 1. The van der Waals surface area contributed by atoms with Crippen molar-refractivity contribution in [1.29, 1.82) is 0 Å². The smallest absolute Gasteiger partial charge is 0.339 e. The number of esters is 1. The summed E-state index contributed by atoms with van der Waals surface area (Å²) in [6.07, 6.45) is 0.673. The molecule has 0 heterocycles. The zero-order chi connectivity index (χ0) is 22.2. The van der Waals surface area contributed by atoms with Gasteiger partial charge in [0.05, 0.1) is 5.56 Å². The van der Waals surface area contributed by atoms with Gasteiger partial charge in [0.2, 0.25) is 0 Å². The van der Waals surface area contributed by atoms with Gasteiger partial charge in [0, 0.05) is 5.69 Å². The van der Waals surface area contributed by atoms with Crippen LogP contribution >= 0.6 is 0 Å². The average Bonchev–Trinajstić information content (AvgIpc) is 2.79. The maximum atomic E-state index is 12.8. The van der Waals surface area contributed by atoms with Gasteiger partial charge in [-0.25, -0.2) is 4.79 Å². The molecule has 1 N–H and O–H groups in total. The molecule has 0 aliphatic carbocycles. The summed E-state index contributed by atoms with van der Waals surface area (Å²) in [5.41, 5.74) is 4.29. The Morgan fingerprint density at radius 1 is 0.871 bits per heavy atom. The molecule has 3 rings (SSSR count). The van der Waals surface area contributed by atoms with E-state index in [2.05, 4.69) is 19.2 Å². The summed E-state index contributed by atoms with van der Waals surface area (Å²) in [7, 11) is 0. The summed E-state index contributed by atoms with van der Waals surface area (Å²) in [4.78, 5) is 25.6. The van der Waals surface area contributed by atoms with Crippen molar-refractivity contribution in [3.05, 3.63) is 101 Å². The largest absolute Gasteiger partial charge is 0.449 e. The Morgan fingerprint density at radius 3 is 2.26 bits per heavy atom. The Balaban J connectivity index is 1.69. The number of amides is 1. The normalized spacial score (nSPS) is 12.6. The molecule has 0 aromatic heterocycles. The number of nitrogens with one attached hydrogen (secondary N) is 1. The number of anilines is 1. The lowest BCUT2D eigenvalue weighted by Crippen LogP contribution is -2.30. The van der Waals surface area contributed by atoms with Crippen molar-refractivity contribution in [3.8, 4) is 0 Å². The summed E-state index contributed by atoms with van der Waals surface area (Å²) in [5.74, 6) is -0.520. The zero-order valence-electron chi connectivity index (χ0n) is 18.3. The van der Waals surface area contributed by atoms with Crippen LogP contribution in [0.25, 0.3) is 0 Å². The number of carbonyl (C=O) groups is 2. The highest BCUT2D eigenvalue weighted by molar-refractivity contribution is 5.98. The number of hydrogen-bond acceptors (Lipinski definition) is 3. The maximum absolute atomic E-state index is 12.8. The highest BCUT2D eigenvalue weighted by Gasteiger charge is 2.22. The summed E-state index contributed by atoms with van der Waals surface area (Å²) in [5, 5.41) is 2.92. The molecule has 0 unspecified atom stereocenters. The molecule has 4 heteroatoms. The number of para-hydroxylation sites is 1. The van der Waals surface area contributed by atoms with Crippen molar-refractivity contribution in [2.75, 3.05) is 5.32 Å². The van der Waals surface area contributed by atoms with E-state index in [4.69, 9.17) is 4.74 Å². The third kappa shape index (κ3) is 5.82. The van der Waals surface area contributed by atoms with Gasteiger partial charge in [-0.1, -0.05) is 80.6 Å². The predicted octanol–water partition coefficient (Wildman–Crippen LogP) is 5.97. The summed E-state index contributed by atoms with van der Waals surface area (Å²) in [6.45, 7) is 5.83. The molecule has 0 saturated heterocycles. The molecule has 0 spiro atoms.